The van der Waals surface area contributed by atoms with Crippen molar-refractivity contribution in [2.45, 2.75) is 25.7 Å². The minimum absolute atomic E-state index is 0.0138. The van der Waals surface area contributed by atoms with Crippen LogP contribution in [0.3, 0.4) is 0 Å². The third kappa shape index (κ3) is 4.42. The van der Waals surface area contributed by atoms with Gasteiger partial charge in [-0.15, -0.1) is 0 Å². The van der Waals surface area contributed by atoms with Crippen molar-refractivity contribution in [2.24, 2.45) is 0 Å². The molecule has 0 bridgehead atoms. The number of carbonyl (C=O) groups excluding carboxylic acids is 2. The van der Waals surface area contributed by atoms with E-state index in [1.165, 1.54) is 29.7 Å². The van der Waals surface area contributed by atoms with E-state index in [0.717, 1.165) is 18.6 Å². The number of amides is 2. The summed E-state index contributed by atoms with van der Waals surface area (Å²) in [5.41, 5.74) is 2.76. The van der Waals surface area contributed by atoms with Crippen LogP contribution in [0.2, 0.25) is 0 Å². The van der Waals surface area contributed by atoms with E-state index in [9.17, 15) is 14.0 Å². The van der Waals surface area contributed by atoms with E-state index < -0.39 is 5.82 Å². The lowest BCUT2D eigenvalue weighted by Crippen LogP contribution is -2.39. The van der Waals surface area contributed by atoms with Crippen molar-refractivity contribution in [3.8, 4) is 5.75 Å². The highest BCUT2D eigenvalue weighted by molar-refractivity contribution is 5.94. The van der Waals surface area contributed by atoms with Crippen LogP contribution in [0, 0.1) is 5.82 Å². The van der Waals surface area contributed by atoms with Crippen molar-refractivity contribution in [3.05, 3.63) is 65.0 Å². The van der Waals surface area contributed by atoms with Gasteiger partial charge in [-0.3, -0.25) is 9.59 Å². The number of benzene rings is 2. The number of hydrogen-bond donors (Lipinski definition) is 0. The zero-order chi connectivity index (χ0) is 20.2. The molecule has 6 heteroatoms. The zero-order valence-corrected chi connectivity index (χ0v) is 16.4. The minimum atomic E-state index is -0.516. The Balaban J connectivity index is 1.31. The third-order valence-electron chi connectivity index (χ3n) is 5.67. The summed E-state index contributed by atoms with van der Waals surface area (Å²) in [7, 11) is 0. The second-order valence-electron chi connectivity index (χ2n) is 7.58. The lowest BCUT2D eigenvalue weighted by molar-refractivity contribution is -0.133. The molecule has 0 aromatic heterocycles. The van der Waals surface area contributed by atoms with Gasteiger partial charge in [0.15, 0.2) is 6.61 Å². The molecule has 1 saturated heterocycles. The highest BCUT2D eigenvalue weighted by Crippen LogP contribution is 2.26. The first-order valence-electron chi connectivity index (χ1n) is 10.2. The van der Waals surface area contributed by atoms with E-state index in [2.05, 4.69) is 6.07 Å². The molecule has 0 atom stereocenters. The second kappa shape index (κ2) is 8.64. The van der Waals surface area contributed by atoms with Gasteiger partial charge >= 0.3 is 0 Å². The Labute approximate surface area is 170 Å². The summed E-state index contributed by atoms with van der Waals surface area (Å²) in [6, 6.07) is 12.0. The number of fused-ring (bicyclic) bond motifs is 1. The molecule has 0 N–H and O–H groups in total. The summed E-state index contributed by atoms with van der Waals surface area (Å²) in [5, 5.41) is 0. The quantitative estimate of drug-likeness (QED) is 0.798. The monoisotopic (exact) mass is 396 g/mol. The molecule has 2 aromatic carbocycles. The molecule has 1 fully saturated rings. The van der Waals surface area contributed by atoms with Gasteiger partial charge < -0.3 is 14.5 Å². The van der Waals surface area contributed by atoms with Gasteiger partial charge in [-0.1, -0.05) is 18.2 Å². The first-order chi connectivity index (χ1) is 14.1. The Morgan fingerprint density at radius 2 is 1.66 bits per heavy atom. The normalized spacial score (nSPS) is 16.3. The Morgan fingerprint density at radius 1 is 0.897 bits per heavy atom. The van der Waals surface area contributed by atoms with E-state index in [1.54, 1.807) is 21.9 Å². The van der Waals surface area contributed by atoms with Crippen LogP contribution in [0.25, 0.3) is 0 Å². The topological polar surface area (TPSA) is 49.9 Å². The Hall–Kier alpha value is -2.89. The summed E-state index contributed by atoms with van der Waals surface area (Å²) >= 11 is 0. The van der Waals surface area contributed by atoms with Crippen molar-refractivity contribution in [2.75, 3.05) is 32.8 Å². The molecule has 2 aliphatic rings. The summed E-state index contributed by atoms with van der Waals surface area (Å²) < 4.78 is 19.6. The van der Waals surface area contributed by atoms with Crippen LogP contribution in [-0.2, 0) is 17.6 Å². The molecule has 1 aliphatic heterocycles. The van der Waals surface area contributed by atoms with Gasteiger partial charge in [-0.25, -0.2) is 4.39 Å². The van der Waals surface area contributed by atoms with Crippen LogP contribution in [0.4, 0.5) is 4.39 Å². The molecule has 2 aromatic rings. The molecule has 4 rings (SSSR count). The number of halogens is 1. The first-order valence-corrected chi connectivity index (χ1v) is 10.2. The maximum absolute atomic E-state index is 13.9. The minimum Gasteiger partial charge on any atom is -0.484 e. The Bertz CT molecular complexity index is 915. The van der Waals surface area contributed by atoms with Crippen molar-refractivity contribution in [1.82, 2.24) is 9.80 Å². The predicted molar refractivity (Wildman–Crippen MR) is 107 cm³/mol. The molecule has 1 aliphatic carbocycles. The molecule has 5 nitrogen and oxygen atoms in total. The van der Waals surface area contributed by atoms with Crippen LogP contribution in [0.5, 0.6) is 5.75 Å². The lowest BCUT2D eigenvalue weighted by atomic mass is 10.1. The van der Waals surface area contributed by atoms with E-state index in [-0.39, 0.29) is 24.0 Å². The summed E-state index contributed by atoms with van der Waals surface area (Å²) in [4.78, 5) is 28.5. The molecule has 152 valence electrons. The standard InChI is InChI=1S/C23H25FN2O3/c24-21-8-2-1-7-20(21)23(28)26-12-4-11-25(13-14-26)22(27)16-29-19-10-9-17-5-3-6-18(17)15-19/h1-2,7-10,15H,3-6,11-14,16H2. The molecular formula is C23H25FN2O3. The fourth-order valence-electron chi connectivity index (χ4n) is 4.05. The van der Waals surface area contributed by atoms with Gasteiger partial charge in [0.25, 0.3) is 11.8 Å². The number of ether oxygens (including phenoxy) is 1. The van der Waals surface area contributed by atoms with Crippen molar-refractivity contribution in [1.29, 1.82) is 0 Å². The van der Waals surface area contributed by atoms with Crippen molar-refractivity contribution >= 4 is 11.8 Å². The van der Waals surface area contributed by atoms with Gasteiger partial charge in [0.05, 0.1) is 5.56 Å². The summed E-state index contributed by atoms with van der Waals surface area (Å²) in [6.45, 7) is 1.86. The molecule has 29 heavy (non-hydrogen) atoms. The maximum Gasteiger partial charge on any atom is 0.260 e. The van der Waals surface area contributed by atoms with Crippen molar-refractivity contribution < 1.29 is 18.7 Å². The lowest BCUT2D eigenvalue weighted by Gasteiger charge is -2.22. The van der Waals surface area contributed by atoms with Crippen LogP contribution in [0.1, 0.15) is 34.3 Å². The van der Waals surface area contributed by atoms with Crippen LogP contribution >= 0.6 is 0 Å². The number of nitrogens with zero attached hydrogens (tertiary/aromatic N) is 2. The van der Waals surface area contributed by atoms with Crippen LogP contribution < -0.4 is 4.74 Å². The Morgan fingerprint density at radius 3 is 2.52 bits per heavy atom. The highest BCUT2D eigenvalue weighted by Gasteiger charge is 2.24. The molecule has 0 unspecified atom stereocenters. The molecule has 1 heterocycles. The zero-order valence-electron chi connectivity index (χ0n) is 16.4. The molecule has 0 radical (unpaired) electrons. The fraction of sp³-hybridized carbons (Fsp3) is 0.391. The summed E-state index contributed by atoms with van der Waals surface area (Å²) in [5.74, 6) is -0.208. The van der Waals surface area contributed by atoms with Gasteiger partial charge in [-0.05, 0) is 61.1 Å². The highest BCUT2D eigenvalue weighted by atomic mass is 19.1. The van der Waals surface area contributed by atoms with Gasteiger partial charge in [0, 0.05) is 26.2 Å². The van der Waals surface area contributed by atoms with Crippen LogP contribution in [0.15, 0.2) is 42.5 Å². The third-order valence-corrected chi connectivity index (χ3v) is 5.67. The Kier molecular flexibility index (Phi) is 5.79. The average Bonchev–Trinajstić information content (AvgIpc) is 3.06. The van der Waals surface area contributed by atoms with Crippen molar-refractivity contribution in [3.63, 3.8) is 0 Å². The van der Waals surface area contributed by atoms with E-state index in [0.29, 0.717) is 32.6 Å². The first kappa shape index (κ1) is 19.4. The van der Waals surface area contributed by atoms with E-state index in [1.807, 2.05) is 12.1 Å². The van der Waals surface area contributed by atoms with E-state index in [4.69, 9.17) is 4.74 Å². The smallest absolute Gasteiger partial charge is 0.260 e. The second-order valence-corrected chi connectivity index (χ2v) is 7.58. The number of carbonyl (C=O) groups is 2. The predicted octanol–water partition coefficient (Wildman–Crippen LogP) is 3.07. The number of rotatable bonds is 4. The fourth-order valence-corrected chi connectivity index (χ4v) is 4.05. The number of hydrogen-bond acceptors (Lipinski definition) is 3. The largest absolute Gasteiger partial charge is 0.484 e. The SMILES string of the molecule is O=C(COc1ccc2c(c1)CCC2)N1CCCN(C(=O)c2ccccc2F)CC1. The molecule has 0 spiro atoms. The van der Waals surface area contributed by atoms with Gasteiger partial charge in [-0.2, -0.15) is 0 Å². The van der Waals surface area contributed by atoms with Crippen LogP contribution in [-0.4, -0.2) is 54.4 Å². The summed E-state index contributed by atoms with van der Waals surface area (Å²) in [6.07, 6.45) is 4.02. The molecule has 0 saturated carbocycles. The molecule has 2 amide bonds. The van der Waals surface area contributed by atoms with Gasteiger partial charge in [0.2, 0.25) is 0 Å². The number of aryl methyl sites for hydroxylation is 2. The van der Waals surface area contributed by atoms with Gasteiger partial charge in [0.1, 0.15) is 11.6 Å². The molecular weight excluding hydrogens is 371 g/mol. The maximum atomic E-state index is 13.9. The average molecular weight is 396 g/mol. The van der Waals surface area contributed by atoms with E-state index >= 15 is 0 Å².